The molecule has 1 aromatic heterocycles. The number of allylic oxidation sites excluding steroid dienone is 3. The Morgan fingerprint density at radius 1 is 1.31 bits per heavy atom. The molecule has 7 nitrogen and oxygen atoms in total. The summed E-state index contributed by atoms with van der Waals surface area (Å²) in [6, 6.07) is 0. The highest BCUT2D eigenvalue weighted by Gasteiger charge is 2.22. The second-order valence-corrected chi connectivity index (χ2v) is 6.56. The SMILES string of the molecule is C/C=C/C=C/C(=O)N(CCC(C)C)c1c(N)n(CCCC)c(=O)[nH]c1=O. The molecule has 26 heavy (non-hydrogen) atoms. The Morgan fingerprint density at radius 2 is 2.00 bits per heavy atom. The minimum Gasteiger partial charge on any atom is -0.383 e. The molecule has 1 amide bonds. The van der Waals surface area contributed by atoms with Gasteiger partial charge in [-0.2, -0.15) is 0 Å². The molecule has 144 valence electrons. The predicted molar refractivity (Wildman–Crippen MR) is 106 cm³/mol. The first kappa shape index (κ1) is 21.5. The second-order valence-electron chi connectivity index (χ2n) is 6.56. The van der Waals surface area contributed by atoms with Gasteiger partial charge in [0.25, 0.3) is 11.5 Å². The van der Waals surface area contributed by atoms with Crippen molar-refractivity contribution < 1.29 is 4.79 Å². The average Bonchev–Trinajstić information content (AvgIpc) is 2.57. The molecule has 0 bridgehead atoms. The van der Waals surface area contributed by atoms with E-state index in [0.717, 1.165) is 12.8 Å². The molecule has 0 unspecified atom stereocenters. The Bertz CT molecular complexity index is 772. The summed E-state index contributed by atoms with van der Waals surface area (Å²) >= 11 is 0. The van der Waals surface area contributed by atoms with Crippen LogP contribution in [0.15, 0.2) is 33.9 Å². The van der Waals surface area contributed by atoms with Crippen LogP contribution in [-0.4, -0.2) is 22.0 Å². The van der Waals surface area contributed by atoms with Gasteiger partial charge >= 0.3 is 5.69 Å². The summed E-state index contributed by atoms with van der Waals surface area (Å²) in [4.78, 5) is 40.8. The Balaban J connectivity index is 3.41. The van der Waals surface area contributed by atoms with E-state index in [-0.39, 0.29) is 17.4 Å². The van der Waals surface area contributed by atoms with Crippen molar-refractivity contribution in [3.63, 3.8) is 0 Å². The maximum atomic E-state index is 12.7. The third-order valence-electron chi connectivity index (χ3n) is 3.96. The summed E-state index contributed by atoms with van der Waals surface area (Å²) < 4.78 is 1.32. The number of carbonyl (C=O) groups is 1. The molecule has 0 saturated carbocycles. The van der Waals surface area contributed by atoms with Crippen molar-refractivity contribution in [2.75, 3.05) is 17.2 Å². The topological polar surface area (TPSA) is 101 Å². The van der Waals surface area contributed by atoms with Crippen LogP contribution in [-0.2, 0) is 11.3 Å². The van der Waals surface area contributed by atoms with E-state index >= 15 is 0 Å². The standard InChI is InChI=1S/C19H30N4O3/c1-5-7-9-10-15(24)22(13-11-14(3)4)16-17(20)23(12-8-6-2)19(26)21-18(16)25/h5,7,9-10,14H,6,8,11-13,20H2,1-4H3,(H,21,25,26)/b7-5+,10-9+. The van der Waals surface area contributed by atoms with Crippen LogP contribution in [0.4, 0.5) is 11.5 Å². The third-order valence-corrected chi connectivity index (χ3v) is 3.96. The van der Waals surface area contributed by atoms with Gasteiger partial charge in [-0.3, -0.25) is 19.1 Å². The van der Waals surface area contributed by atoms with E-state index in [1.807, 2.05) is 27.7 Å². The van der Waals surface area contributed by atoms with Gasteiger partial charge < -0.3 is 10.6 Å². The number of hydrogen-bond donors (Lipinski definition) is 2. The van der Waals surface area contributed by atoms with E-state index in [4.69, 9.17) is 5.73 Å². The first-order chi connectivity index (χ1) is 12.3. The van der Waals surface area contributed by atoms with Gasteiger partial charge in [0.2, 0.25) is 0 Å². The van der Waals surface area contributed by atoms with Crippen molar-refractivity contribution in [1.29, 1.82) is 0 Å². The van der Waals surface area contributed by atoms with Gasteiger partial charge in [-0.1, -0.05) is 45.4 Å². The summed E-state index contributed by atoms with van der Waals surface area (Å²) in [6.45, 7) is 8.65. The molecule has 0 fully saturated rings. The van der Waals surface area contributed by atoms with Crippen molar-refractivity contribution in [2.45, 2.75) is 53.5 Å². The van der Waals surface area contributed by atoms with Gasteiger partial charge in [-0.25, -0.2) is 4.79 Å². The number of nitrogen functional groups attached to an aromatic ring is 1. The molecular weight excluding hydrogens is 332 g/mol. The lowest BCUT2D eigenvalue weighted by atomic mass is 10.1. The molecule has 1 heterocycles. The number of nitrogens with one attached hydrogen (secondary N) is 1. The Labute approximate surface area is 154 Å². The van der Waals surface area contributed by atoms with Crippen LogP contribution in [0.2, 0.25) is 0 Å². The molecule has 0 spiro atoms. The first-order valence-electron chi connectivity index (χ1n) is 9.06. The minimum atomic E-state index is -0.642. The van der Waals surface area contributed by atoms with Crippen molar-refractivity contribution in [1.82, 2.24) is 9.55 Å². The summed E-state index contributed by atoms with van der Waals surface area (Å²) in [6.07, 6.45) is 8.86. The van der Waals surface area contributed by atoms with Crippen LogP contribution >= 0.6 is 0 Å². The number of aromatic nitrogens is 2. The highest BCUT2D eigenvalue weighted by Crippen LogP contribution is 2.19. The van der Waals surface area contributed by atoms with E-state index < -0.39 is 11.2 Å². The van der Waals surface area contributed by atoms with Crippen LogP contribution in [0.3, 0.4) is 0 Å². The number of nitrogens with zero attached hydrogens (tertiary/aromatic N) is 2. The average molecular weight is 362 g/mol. The van der Waals surface area contributed by atoms with Gasteiger partial charge in [0, 0.05) is 19.2 Å². The molecule has 7 heteroatoms. The molecule has 0 aliphatic carbocycles. The zero-order chi connectivity index (χ0) is 19.7. The minimum absolute atomic E-state index is 0.0312. The zero-order valence-electron chi connectivity index (χ0n) is 16.1. The van der Waals surface area contributed by atoms with E-state index in [1.165, 1.54) is 15.5 Å². The number of hydrogen-bond acceptors (Lipinski definition) is 4. The van der Waals surface area contributed by atoms with Gasteiger partial charge in [0.1, 0.15) is 5.82 Å². The number of rotatable bonds is 9. The smallest absolute Gasteiger partial charge is 0.330 e. The lowest BCUT2D eigenvalue weighted by Gasteiger charge is -2.24. The highest BCUT2D eigenvalue weighted by atomic mass is 16.2. The molecule has 0 aliphatic rings. The zero-order valence-corrected chi connectivity index (χ0v) is 16.1. The van der Waals surface area contributed by atoms with E-state index in [0.29, 0.717) is 25.4 Å². The lowest BCUT2D eigenvalue weighted by molar-refractivity contribution is -0.114. The second kappa shape index (κ2) is 10.4. The number of aromatic amines is 1. The van der Waals surface area contributed by atoms with Crippen LogP contribution in [0.1, 0.15) is 47.0 Å². The molecule has 0 radical (unpaired) electrons. The van der Waals surface area contributed by atoms with Crippen molar-refractivity contribution >= 4 is 17.4 Å². The molecule has 1 rings (SSSR count). The third kappa shape index (κ3) is 5.75. The van der Waals surface area contributed by atoms with E-state index in [2.05, 4.69) is 4.98 Å². The van der Waals surface area contributed by atoms with Crippen LogP contribution in [0.25, 0.3) is 0 Å². The Kier molecular flexibility index (Phi) is 8.61. The fraction of sp³-hybridized carbons (Fsp3) is 0.526. The van der Waals surface area contributed by atoms with E-state index in [1.54, 1.807) is 18.2 Å². The number of carbonyl (C=O) groups excluding carboxylic acids is 1. The normalized spacial score (nSPS) is 11.7. The van der Waals surface area contributed by atoms with Crippen molar-refractivity contribution in [2.24, 2.45) is 5.92 Å². The Hall–Kier alpha value is -2.57. The van der Waals surface area contributed by atoms with Gasteiger partial charge in [-0.15, -0.1) is 0 Å². The fourth-order valence-corrected chi connectivity index (χ4v) is 2.43. The van der Waals surface area contributed by atoms with Crippen LogP contribution < -0.4 is 21.9 Å². The van der Waals surface area contributed by atoms with Gasteiger partial charge in [0.15, 0.2) is 5.69 Å². The number of nitrogens with two attached hydrogens (primary N) is 1. The van der Waals surface area contributed by atoms with E-state index in [9.17, 15) is 14.4 Å². The number of amides is 1. The highest BCUT2D eigenvalue weighted by molar-refractivity contribution is 6.03. The summed E-state index contributed by atoms with van der Waals surface area (Å²) in [5.74, 6) is 0.0292. The lowest BCUT2D eigenvalue weighted by Crippen LogP contribution is -2.41. The summed E-state index contributed by atoms with van der Waals surface area (Å²) in [5, 5.41) is 0. The van der Waals surface area contributed by atoms with Gasteiger partial charge in [0.05, 0.1) is 0 Å². The van der Waals surface area contributed by atoms with Gasteiger partial charge in [-0.05, 0) is 25.7 Å². The molecule has 0 aliphatic heterocycles. The largest absolute Gasteiger partial charge is 0.383 e. The number of unbranched alkanes of at least 4 members (excludes halogenated alkanes) is 1. The fourth-order valence-electron chi connectivity index (χ4n) is 2.43. The molecule has 1 aromatic rings. The maximum absolute atomic E-state index is 12.7. The number of H-pyrrole nitrogens is 1. The Morgan fingerprint density at radius 3 is 2.58 bits per heavy atom. The molecular formula is C19H30N4O3. The summed E-state index contributed by atoms with van der Waals surface area (Å²) in [5.41, 5.74) is 4.98. The summed E-state index contributed by atoms with van der Waals surface area (Å²) in [7, 11) is 0. The molecule has 0 saturated heterocycles. The molecule has 0 atom stereocenters. The van der Waals surface area contributed by atoms with Crippen molar-refractivity contribution in [3.8, 4) is 0 Å². The van der Waals surface area contributed by atoms with Crippen LogP contribution in [0, 0.1) is 5.92 Å². The monoisotopic (exact) mass is 362 g/mol. The molecule has 3 N–H and O–H groups in total. The number of anilines is 2. The quantitative estimate of drug-likeness (QED) is 0.520. The van der Waals surface area contributed by atoms with Crippen LogP contribution in [0.5, 0.6) is 0 Å². The maximum Gasteiger partial charge on any atom is 0.330 e. The van der Waals surface area contributed by atoms with Crippen molar-refractivity contribution in [3.05, 3.63) is 45.1 Å². The predicted octanol–water partition coefficient (Wildman–Crippen LogP) is 2.43. The first-order valence-corrected chi connectivity index (χ1v) is 9.06. The molecule has 0 aromatic carbocycles.